The van der Waals surface area contributed by atoms with Gasteiger partial charge in [-0.2, -0.15) is 0 Å². The summed E-state index contributed by atoms with van der Waals surface area (Å²) in [5.41, 5.74) is 6.99. The molecule has 1 aromatic carbocycles. The molecule has 1 rings (SSSR count). The number of thiocarbonyl (C=S) groups is 1. The molecule has 0 aliphatic rings. The van der Waals surface area contributed by atoms with Crippen LogP contribution in [0, 0.1) is 0 Å². The maximum atomic E-state index is 5.70. The van der Waals surface area contributed by atoms with Crippen molar-refractivity contribution in [1.82, 2.24) is 4.90 Å². The highest BCUT2D eigenvalue weighted by atomic mass is 32.1. The predicted octanol–water partition coefficient (Wildman–Crippen LogP) is 3.14. The molecule has 0 aliphatic carbocycles. The van der Waals surface area contributed by atoms with Crippen LogP contribution in [0.1, 0.15) is 37.8 Å². The van der Waals surface area contributed by atoms with Crippen molar-refractivity contribution in [2.45, 2.75) is 32.2 Å². The Bertz CT molecular complexity index is 337. The molecule has 0 aliphatic heterocycles. The standard InChI is InChI=1S/C14H22N2S/c1-3-4-10-16(2)13(11-14(15)17)12-8-6-5-7-9-12/h5-9,13H,3-4,10-11H2,1-2H3,(H2,15,17). The zero-order valence-electron chi connectivity index (χ0n) is 10.7. The third-order valence-corrected chi connectivity index (χ3v) is 3.14. The van der Waals surface area contributed by atoms with E-state index in [9.17, 15) is 0 Å². The number of hydrogen-bond acceptors (Lipinski definition) is 2. The van der Waals surface area contributed by atoms with E-state index < -0.39 is 0 Å². The third kappa shape index (κ3) is 4.84. The minimum atomic E-state index is 0.306. The van der Waals surface area contributed by atoms with Crippen molar-refractivity contribution in [2.24, 2.45) is 5.73 Å². The van der Waals surface area contributed by atoms with Crippen molar-refractivity contribution in [3.8, 4) is 0 Å². The average molecular weight is 250 g/mol. The smallest absolute Gasteiger partial charge is 0.0746 e. The molecule has 1 aromatic rings. The van der Waals surface area contributed by atoms with Gasteiger partial charge in [-0.05, 0) is 25.6 Å². The molecular weight excluding hydrogens is 228 g/mol. The van der Waals surface area contributed by atoms with Crippen LogP contribution >= 0.6 is 12.2 Å². The van der Waals surface area contributed by atoms with Crippen molar-refractivity contribution in [1.29, 1.82) is 0 Å². The van der Waals surface area contributed by atoms with Crippen LogP contribution in [0.15, 0.2) is 30.3 Å². The van der Waals surface area contributed by atoms with Crippen molar-refractivity contribution >= 4 is 17.2 Å². The lowest BCUT2D eigenvalue weighted by Gasteiger charge is -2.28. The molecule has 0 fully saturated rings. The molecule has 0 radical (unpaired) electrons. The molecule has 3 heteroatoms. The van der Waals surface area contributed by atoms with Crippen molar-refractivity contribution in [3.05, 3.63) is 35.9 Å². The first-order valence-electron chi connectivity index (χ1n) is 6.18. The second-order valence-corrected chi connectivity index (χ2v) is 4.96. The van der Waals surface area contributed by atoms with Gasteiger partial charge in [0.25, 0.3) is 0 Å². The summed E-state index contributed by atoms with van der Waals surface area (Å²) in [4.78, 5) is 2.93. The van der Waals surface area contributed by atoms with Gasteiger partial charge in [-0.3, -0.25) is 4.90 Å². The lowest BCUT2D eigenvalue weighted by Crippen LogP contribution is -2.29. The molecule has 1 atom stereocenters. The summed E-state index contributed by atoms with van der Waals surface area (Å²) in [6, 6.07) is 10.8. The number of benzene rings is 1. The average Bonchev–Trinajstić information content (AvgIpc) is 2.34. The molecule has 0 bridgehead atoms. The van der Waals surface area contributed by atoms with Gasteiger partial charge in [0.15, 0.2) is 0 Å². The minimum absolute atomic E-state index is 0.306. The fourth-order valence-electron chi connectivity index (χ4n) is 1.96. The lowest BCUT2D eigenvalue weighted by molar-refractivity contribution is 0.247. The van der Waals surface area contributed by atoms with E-state index in [1.54, 1.807) is 0 Å². The largest absolute Gasteiger partial charge is 0.393 e. The van der Waals surface area contributed by atoms with Gasteiger partial charge in [-0.1, -0.05) is 55.9 Å². The van der Waals surface area contributed by atoms with Crippen molar-refractivity contribution < 1.29 is 0 Å². The van der Waals surface area contributed by atoms with Crippen LogP contribution in [0.4, 0.5) is 0 Å². The monoisotopic (exact) mass is 250 g/mol. The zero-order chi connectivity index (χ0) is 12.7. The summed E-state index contributed by atoms with van der Waals surface area (Å²) in [5.74, 6) is 0. The number of nitrogens with two attached hydrogens (primary N) is 1. The molecular formula is C14H22N2S. The highest BCUT2D eigenvalue weighted by Gasteiger charge is 2.17. The number of rotatable bonds is 7. The molecule has 2 nitrogen and oxygen atoms in total. The molecule has 0 saturated carbocycles. The topological polar surface area (TPSA) is 29.3 Å². The van der Waals surface area contributed by atoms with Gasteiger partial charge in [0, 0.05) is 12.5 Å². The first kappa shape index (κ1) is 14.1. The Morgan fingerprint density at radius 1 is 1.35 bits per heavy atom. The summed E-state index contributed by atoms with van der Waals surface area (Å²) >= 11 is 5.05. The second-order valence-electron chi connectivity index (χ2n) is 4.43. The van der Waals surface area contributed by atoms with Gasteiger partial charge in [-0.15, -0.1) is 0 Å². The number of nitrogens with zero attached hydrogens (tertiary/aromatic N) is 1. The quantitative estimate of drug-likeness (QED) is 0.754. The Labute approximate surface area is 110 Å². The summed E-state index contributed by atoms with van der Waals surface area (Å²) in [7, 11) is 2.14. The molecule has 94 valence electrons. The van der Waals surface area contributed by atoms with E-state index in [0.717, 1.165) is 13.0 Å². The Morgan fingerprint density at radius 3 is 2.53 bits per heavy atom. The Balaban J connectivity index is 2.76. The normalized spacial score (nSPS) is 12.6. The van der Waals surface area contributed by atoms with Gasteiger partial charge < -0.3 is 5.73 Å². The fourth-order valence-corrected chi connectivity index (χ4v) is 2.12. The van der Waals surface area contributed by atoms with Gasteiger partial charge in [0.1, 0.15) is 0 Å². The predicted molar refractivity (Wildman–Crippen MR) is 78.1 cm³/mol. The minimum Gasteiger partial charge on any atom is -0.393 e. The third-order valence-electron chi connectivity index (χ3n) is 2.98. The highest BCUT2D eigenvalue weighted by molar-refractivity contribution is 7.80. The van der Waals surface area contributed by atoms with E-state index in [2.05, 4.69) is 43.1 Å². The van der Waals surface area contributed by atoms with Crippen LogP contribution in [0.25, 0.3) is 0 Å². The van der Waals surface area contributed by atoms with Crippen LogP contribution in [0.3, 0.4) is 0 Å². The summed E-state index contributed by atoms with van der Waals surface area (Å²) in [6.07, 6.45) is 3.16. The van der Waals surface area contributed by atoms with E-state index in [-0.39, 0.29) is 0 Å². The summed E-state index contributed by atoms with van der Waals surface area (Å²) in [5, 5.41) is 0. The van der Waals surface area contributed by atoms with Crippen LogP contribution < -0.4 is 5.73 Å². The fraction of sp³-hybridized carbons (Fsp3) is 0.500. The molecule has 2 N–H and O–H groups in total. The molecule has 0 amide bonds. The van der Waals surface area contributed by atoms with Gasteiger partial charge in [0.2, 0.25) is 0 Å². The lowest BCUT2D eigenvalue weighted by atomic mass is 10.0. The number of unbranched alkanes of at least 4 members (excludes halogenated alkanes) is 1. The number of hydrogen-bond donors (Lipinski definition) is 1. The maximum absolute atomic E-state index is 5.70. The van der Waals surface area contributed by atoms with E-state index in [0.29, 0.717) is 11.0 Å². The first-order chi connectivity index (χ1) is 8.15. The highest BCUT2D eigenvalue weighted by Crippen LogP contribution is 2.23. The van der Waals surface area contributed by atoms with E-state index in [1.807, 2.05) is 6.07 Å². The van der Waals surface area contributed by atoms with Gasteiger partial charge in [-0.25, -0.2) is 0 Å². The Morgan fingerprint density at radius 2 is 2.00 bits per heavy atom. The Kier molecular flexibility index (Phi) is 6.16. The molecule has 0 heterocycles. The molecule has 17 heavy (non-hydrogen) atoms. The molecule has 0 spiro atoms. The van der Waals surface area contributed by atoms with Crippen LogP contribution in [-0.4, -0.2) is 23.5 Å². The van der Waals surface area contributed by atoms with Crippen LogP contribution in [0.2, 0.25) is 0 Å². The Hall–Kier alpha value is -0.930. The maximum Gasteiger partial charge on any atom is 0.0746 e. The van der Waals surface area contributed by atoms with Gasteiger partial charge >= 0.3 is 0 Å². The van der Waals surface area contributed by atoms with E-state index in [4.69, 9.17) is 18.0 Å². The molecule has 0 saturated heterocycles. The first-order valence-corrected chi connectivity index (χ1v) is 6.59. The summed E-state index contributed by atoms with van der Waals surface area (Å²) in [6.45, 7) is 3.29. The second kappa shape index (κ2) is 7.41. The van der Waals surface area contributed by atoms with E-state index >= 15 is 0 Å². The molecule has 0 aromatic heterocycles. The van der Waals surface area contributed by atoms with Crippen LogP contribution in [-0.2, 0) is 0 Å². The van der Waals surface area contributed by atoms with E-state index in [1.165, 1.54) is 18.4 Å². The van der Waals surface area contributed by atoms with Crippen LogP contribution in [0.5, 0.6) is 0 Å². The summed E-state index contributed by atoms with van der Waals surface area (Å²) < 4.78 is 0. The SMILES string of the molecule is CCCCN(C)C(CC(N)=S)c1ccccc1. The van der Waals surface area contributed by atoms with Gasteiger partial charge in [0.05, 0.1) is 4.99 Å². The zero-order valence-corrected chi connectivity index (χ0v) is 11.5. The van der Waals surface area contributed by atoms with Crippen molar-refractivity contribution in [3.63, 3.8) is 0 Å². The van der Waals surface area contributed by atoms with Crippen molar-refractivity contribution in [2.75, 3.05) is 13.6 Å². The molecule has 1 unspecified atom stereocenters.